The molecule has 11 heteroatoms. The van der Waals surface area contributed by atoms with Crippen molar-refractivity contribution in [2.75, 3.05) is 13.2 Å². The van der Waals surface area contributed by atoms with Crippen molar-refractivity contribution in [1.29, 1.82) is 0 Å². The molecule has 0 saturated heterocycles. The molecule has 1 aromatic carbocycles. The van der Waals surface area contributed by atoms with E-state index in [1.54, 1.807) is 0 Å². The number of benzene rings is 1. The maximum atomic E-state index is 12.2. The lowest BCUT2D eigenvalue weighted by molar-refractivity contribution is -0.274. The molecule has 24 heavy (non-hydrogen) atoms. The molecule has 1 unspecified atom stereocenters. The summed E-state index contributed by atoms with van der Waals surface area (Å²) in [7, 11) is 0. The molecular weight excluding hydrogens is 564 g/mol. The maximum absolute atomic E-state index is 12.2. The quantitative estimate of drug-likeness (QED) is 0.209. The van der Waals surface area contributed by atoms with Crippen molar-refractivity contribution in [3.8, 4) is 5.75 Å². The zero-order chi connectivity index (χ0) is 18.4. The molecule has 0 spiro atoms. The van der Waals surface area contributed by atoms with E-state index in [-0.39, 0.29) is 12.4 Å². The minimum Gasteiger partial charge on any atom is -0.406 e. The van der Waals surface area contributed by atoms with E-state index in [2.05, 4.69) is 52.5 Å². The van der Waals surface area contributed by atoms with Gasteiger partial charge >= 0.3 is 6.36 Å². The molecule has 0 heterocycles. The second kappa shape index (κ2) is 9.67. The second-order valence-electron chi connectivity index (χ2n) is 4.61. The van der Waals surface area contributed by atoms with E-state index < -0.39 is 15.0 Å². The van der Waals surface area contributed by atoms with E-state index in [9.17, 15) is 13.2 Å². The summed E-state index contributed by atoms with van der Waals surface area (Å²) in [5, 5.41) is 0.514. The van der Waals surface area contributed by atoms with Crippen LogP contribution in [0.4, 0.5) is 13.2 Å². The molecule has 0 bridgehead atoms. The van der Waals surface area contributed by atoms with Crippen molar-refractivity contribution in [3.05, 3.63) is 24.3 Å². The van der Waals surface area contributed by atoms with Gasteiger partial charge in [0.2, 0.25) is 6.49 Å². The van der Waals surface area contributed by atoms with Gasteiger partial charge in [0.15, 0.2) is 2.14 Å². The molecule has 0 amide bonds. The summed E-state index contributed by atoms with van der Waals surface area (Å²) in [6.07, 6.45) is -3.01. The van der Waals surface area contributed by atoms with Crippen LogP contribution in [-0.4, -0.2) is 21.7 Å². The number of hydrogen-bond donors (Lipinski definition) is 0. The molecule has 0 aliphatic heterocycles. The Morgan fingerprint density at radius 3 is 2.12 bits per heavy atom. The third-order valence-corrected chi connectivity index (χ3v) is 6.42. The fourth-order valence-electron chi connectivity index (χ4n) is 1.50. The number of hydrogen-bond acceptors (Lipinski definition) is 4. The van der Waals surface area contributed by atoms with E-state index in [4.69, 9.17) is 20.9 Å². The Hall–Kier alpha value is 0.820. The predicted octanol–water partition coefficient (Wildman–Crippen LogP) is 6.19. The fourth-order valence-corrected chi connectivity index (χ4v) is 4.74. The Balaban J connectivity index is 2.94. The van der Waals surface area contributed by atoms with E-state index in [0.717, 1.165) is 12.8 Å². The summed E-state index contributed by atoms with van der Waals surface area (Å²) in [5.41, 5.74) is 0. The van der Waals surface area contributed by atoms with Gasteiger partial charge in [-0.3, -0.25) is 0 Å². The Kier molecular flexibility index (Phi) is 9.21. The van der Waals surface area contributed by atoms with Gasteiger partial charge in [-0.1, -0.05) is 61.1 Å². The van der Waals surface area contributed by atoms with Gasteiger partial charge in [0.25, 0.3) is 0 Å². The van der Waals surface area contributed by atoms with Gasteiger partial charge in [0.05, 0.1) is 13.2 Å². The normalized spacial score (nSPS) is 15.1. The van der Waals surface area contributed by atoms with Crippen molar-refractivity contribution >= 4 is 71.4 Å². The Morgan fingerprint density at radius 2 is 1.67 bits per heavy atom. The van der Waals surface area contributed by atoms with Gasteiger partial charge in [0.1, 0.15) is 5.75 Å². The van der Waals surface area contributed by atoms with Crippen LogP contribution in [0.25, 0.3) is 0 Å². The minimum atomic E-state index is -4.74. The molecule has 0 radical (unpaired) electrons. The Bertz CT molecular complexity index is 564. The third-order valence-electron chi connectivity index (χ3n) is 2.54. The molecule has 1 rings (SSSR count). The van der Waals surface area contributed by atoms with Crippen LogP contribution in [0.15, 0.2) is 24.3 Å². The Labute approximate surface area is 169 Å². The smallest absolute Gasteiger partial charge is 0.406 e. The summed E-state index contributed by atoms with van der Waals surface area (Å²) in [6.45, 7) is -0.290. The number of rotatable bonds is 8. The molecule has 0 fully saturated rings. The van der Waals surface area contributed by atoms with Crippen molar-refractivity contribution in [2.45, 2.75) is 28.3 Å². The lowest BCUT2D eigenvalue weighted by Crippen LogP contribution is -2.19. The fraction of sp³-hybridized carbons (Fsp3) is 0.538. The van der Waals surface area contributed by atoms with Crippen LogP contribution in [0.5, 0.6) is 5.75 Å². The molecule has 3 nitrogen and oxygen atoms in total. The van der Waals surface area contributed by atoms with Crippen LogP contribution in [0.1, 0.15) is 19.8 Å². The summed E-state index contributed by atoms with van der Waals surface area (Å²) in [4.78, 5) is 0. The minimum absolute atomic E-state index is 0.150. The molecule has 1 atom stereocenters. The van der Waals surface area contributed by atoms with Gasteiger partial charge < -0.3 is 13.8 Å². The third kappa shape index (κ3) is 8.96. The molecule has 0 saturated carbocycles. The topological polar surface area (TPSA) is 27.7 Å². The predicted molar refractivity (Wildman–Crippen MR) is 103 cm³/mol. The van der Waals surface area contributed by atoms with E-state index >= 15 is 0 Å². The average molecular weight is 579 g/mol. The summed E-state index contributed by atoms with van der Waals surface area (Å²) in [6, 6.07) is 5.26. The van der Waals surface area contributed by atoms with Gasteiger partial charge in [-0.2, -0.15) is 0 Å². The molecule has 0 aliphatic rings. The number of ether oxygens (including phenoxy) is 1. The highest BCUT2D eigenvalue weighted by atomic mass is 80.0. The lowest BCUT2D eigenvalue weighted by Gasteiger charge is -2.25. The SMILES string of the molecule is CCCCOP(=S)(OCC(Br)(Br)Br)c1ccc(OC(F)(F)F)cc1. The number of halogens is 6. The van der Waals surface area contributed by atoms with Crippen LogP contribution in [0.2, 0.25) is 0 Å². The standard InChI is InChI=1S/C13H15Br3F3O3PS/c1-2-3-8-20-23(24,21-9-12(14,15)16)11-6-4-10(5-7-11)22-13(17,18)19/h4-7H,2-3,8-9H2,1H3. The first-order valence-electron chi connectivity index (χ1n) is 6.77. The zero-order valence-electron chi connectivity index (χ0n) is 12.5. The summed E-state index contributed by atoms with van der Waals surface area (Å²) in [5.74, 6) is -0.322. The van der Waals surface area contributed by atoms with E-state index in [1.807, 2.05) is 6.92 Å². The molecule has 0 N–H and O–H groups in total. The monoisotopic (exact) mass is 576 g/mol. The van der Waals surface area contributed by atoms with Gasteiger partial charge in [-0.25, -0.2) is 0 Å². The van der Waals surface area contributed by atoms with Crippen molar-refractivity contribution in [2.24, 2.45) is 0 Å². The van der Waals surface area contributed by atoms with Gasteiger partial charge in [0, 0.05) is 5.30 Å². The van der Waals surface area contributed by atoms with Crippen LogP contribution < -0.4 is 10.0 Å². The highest BCUT2D eigenvalue weighted by molar-refractivity contribution is 9.39. The van der Waals surface area contributed by atoms with Crippen LogP contribution in [0, 0.1) is 0 Å². The molecule has 0 aromatic heterocycles. The number of alkyl halides is 6. The maximum Gasteiger partial charge on any atom is 0.573 e. The summed E-state index contributed by atoms with van der Waals surface area (Å²) >= 11 is 15.5. The first kappa shape index (κ1) is 22.9. The van der Waals surface area contributed by atoms with Crippen LogP contribution >= 0.6 is 54.3 Å². The molecule has 1 aromatic rings. The van der Waals surface area contributed by atoms with Crippen LogP contribution in [-0.2, 0) is 20.9 Å². The van der Waals surface area contributed by atoms with E-state index in [0.29, 0.717) is 11.9 Å². The van der Waals surface area contributed by atoms with Gasteiger partial charge in [-0.05, 0) is 42.5 Å². The second-order valence-corrected chi connectivity index (χ2v) is 15.3. The molecule has 138 valence electrons. The highest BCUT2D eigenvalue weighted by Gasteiger charge is 2.32. The zero-order valence-corrected chi connectivity index (χ0v) is 19.0. The highest BCUT2D eigenvalue weighted by Crippen LogP contribution is 2.50. The van der Waals surface area contributed by atoms with Crippen molar-refractivity contribution < 1.29 is 27.0 Å². The largest absolute Gasteiger partial charge is 0.573 e. The van der Waals surface area contributed by atoms with Crippen LogP contribution in [0.3, 0.4) is 0 Å². The molecule has 0 aliphatic carbocycles. The number of unbranched alkanes of at least 4 members (excludes halogenated alkanes) is 1. The lowest BCUT2D eigenvalue weighted by atomic mass is 10.3. The average Bonchev–Trinajstić information content (AvgIpc) is 2.44. The first-order chi connectivity index (χ1) is 11.0. The van der Waals surface area contributed by atoms with Crippen molar-refractivity contribution in [3.63, 3.8) is 0 Å². The summed E-state index contributed by atoms with van der Waals surface area (Å²) < 4.78 is 51.4. The Morgan fingerprint density at radius 1 is 1.08 bits per heavy atom. The van der Waals surface area contributed by atoms with Gasteiger partial charge in [-0.15, -0.1) is 13.2 Å². The molecular formula is C13H15Br3F3O3PS. The van der Waals surface area contributed by atoms with E-state index in [1.165, 1.54) is 24.3 Å². The first-order valence-corrected chi connectivity index (χ1v) is 11.8. The van der Waals surface area contributed by atoms with Crippen molar-refractivity contribution in [1.82, 2.24) is 0 Å².